The number of rotatable bonds is 4. The fraction of sp³-hybridized carbons (Fsp3) is 0.692. The predicted octanol–water partition coefficient (Wildman–Crippen LogP) is -0.295. The van der Waals surface area contributed by atoms with Gasteiger partial charge in [-0.05, 0) is 5.92 Å². The van der Waals surface area contributed by atoms with E-state index in [4.69, 9.17) is 5.11 Å². The number of carboxylic acids is 1. The number of hydrogen-bond acceptors (Lipinski definition) is 4. The summed E-state index contributed by atoms with van der Waals surface area (Å²) in [4.78, 5) is 48.5. The van der Waals surface area contributed by atoms with Crippen molar-refractivity contribution in [3.05, 3.63) is 0 Å². The maximum atomic E-state index is 12.0. The van der Waals surface area contributed by atoms with Gasteiger partial charge in [0.2, 0.25) is 17.7 Å². The van der Waals surface area contributed by atoms with Crippen molar-refractivity contribution < 1.29 is 24.3 Å². The molecule has 2 rings (SSSR count). The second-order valence-electron chi connectivity index (χ2n) is 5.41. The first kappa shape index (κ1) is 14.5. The Kier molecular flexibility index (Phi) is 4.06. The van der Waals surface area contributed by atoms with Crippen LogP contribution in [0.3, 0.4) is 0 Å². The lowest BCUT2D eigenvalue weighted by atomic mass is 9.99. The van der Waals surface area contributed by atoms with Gasteiger partial charge >= 0.3 is 5.97 Å². The molecule has 2 atom stereocenters. The van der Waals surface area contributed by atoms with Crippen molar-refractivity contribution in [1.29, 1.82) is 0 Å². The van der Waals surface area contributed by atoms with E-state index in [0.29, 0.717) is 6.54 Å². The van der Waals surface area contributed by atoms with Gasteiger partial charge < -0.3 is 10.0 Å². The van der Waals surface area contributed by atoms with Crippen LogP contribution in [0.1, 0.15) is 26.2 Å². The van der Waals surface area contributed by atoms with Gasteiger partial charge in [-0.1, -0.05) is 6.92 Å². The third-order valence-corrected chi connectivity index (χ3v) is 3.99. The van der Waals surface area contributed by atoms with E-state index in [2.05, 4.69) is 0 Å². The van der Waals surface area contributed by atoms with Crippen molar-refractivity contribution in [2.24, 2.45) is 11.8 Å². The molecule has 1 N–H and O–H groups in total. The third kappa shape index (κ3) is 2.81. The van der Waals surface area contributed by atoms with E-state index in [1.165, 1.54) is 4.90 Å². The Morgan fingerprint density at radius 1 is 1.20 bits per heavy atom. The maximum absolute atomic E-state index is 12.0. The highest BCUT2D eigenvalue weighted by atomic mass is 16.4. The lowest BCUT2D eigenvalue weighted by Crippen LogP contribution is -2.36. The molecule has 0 radical (unpaired) electrons. The standard InChI is InChI=1S/C13H18N2O5/c1-8-6-14(7-9(8)13(19)20)10(16)4-5-15-11(17)2-3-12(15)18/h8-9H,2-7H2,1H3,(H,19,20). The van der Waals surface area contributed by atoms with Gasteiger partial charge in [-0.15, -0.1) is 0 Å². The molecule has 2 aliphatic heterocycles. The van der Waals surface area contributed by atoms with Crippen LogP contribution in [0.15, 0.2) is 0 Å². The summed E-state index contributed by atoms with van der Waals surface area (Å²) < 4.78 is 0. The lowest BCUT2D eigenvalue weighted by molar-refractivity contribution is -0.142. The van der Waals surface area contributed by atoms with Crippen LogP contribution < -0.4 is 0 Å². The molecule has 20 heavy (non-hydrogen) atoms. The molecule has 2 fully saturated rings. The number of imide groups is 1. The minimum absolute atomic E-state index is 0.0660. The molecule has 2 saturated heterocycles. The molecule has 0 aliphatic carbocycles. The number of amides is 3. The highest BCUT2D eigenvalue weighted by Gasteiger charge is 2.37. The van der Waals surface area contributed by atoms with Crippen LogP contribution in [0.5, 0.6) is 0 Å². The smallest absolute Gasteiger partial charge is 0.308 e. The molecule has 3 amide bonds. The van der Waals surface area contributed by atoms with Crippen molar-refractivity contribution in [3.63, 3.8) is 0 Å². The van der Waals surface area contributed by atoms with Crippen molar-refractivity contribution in [2.75, 3.05) is 19.6 Å². The Balaban J connectivity index is 1.86. The zero-order chi connectivity index (χ0) is 14.9. The third-order valence-electron chi connectivity index (χ3n) is 3.99. The van der Waals surface area contributed by atoms with E-state index in [0.717, 1.165) is 4.90 Å². The molecule has 0 spiro atoms. The number of carbonyl (C=O) groups is 4. The van der Waals surface area contributed by atoms with E-state index in [-0.39, 0.29) is 56.0 Å². The quantitative estimate of drug-likeness (QED) is 0.715. The van der Waals surface area contributed by atoms with Crippen molar-refractivity contribution in [1.82, 2.24) is 9.80 Å². The lowest BCUT2D eigenvalue weighted by Gasteiger charge is -2.18. The number of carboxylic acid groups (broad SMARTS) is 1. The fourth-order valence-electron chi connectivity index (χ4n) is 2.73. The van der Waals surface area contributed by atoms with E-state index in [9.17, 15) is 19.2 Å². The largest absolute Gasteiger partial charge is 0.481 e. The normalized spacial score (nSPS) is 26.4. The maximum Gasteiger partial charge on any atom is 0.308 e. The summed E-state index contributed by atoms with van der Waals surface area (Å²) in [6.45, 7) is 2.52. The van der Waals surface area contributed by atoms with Crippen LogP contribution >= 0.6 is 0 Å². The number of nitrogens with zero attached hydrogens (tertiary/aromatic N) is 2. The number of hydrogen-bond donors (Lipinski definition) is 1. The second-order valence-corrected chi connectivity index (χ2v) is 5.41. The molecule has 0 aromatic carbocycles. The average molecular weight is 282 g/mol. The summed E-state index contributed by atoms with van der Waals surface area (Å²) in [6, 6.07) is 0. The molecule has 0 aromatic rings. The monoisotopic (exact) mass is 282 g/mol. The number of likely N-dealkylation sites (tertiary alicyclic amines) is 2. The zero-order valence-corrected chi connectivity index (χ0v) is 11.4. The average Bonchev–Trinajstić information content (AvgIpc) is 2.91. The molecule has 2 aliphatic rings. The molecular formula is C13H18N2O5. The summed E-state index contributed by atoms with van der Waals surface area (Å²) in [6.07, 6.45) is 0.500. The van der Waals surface area contributed by atoms with Gasteiger partial charge in [-0.25, -0.2) is 0 Å². The number of aliphatic carboxylic acids is 1. The van der Waals surface area contributed by atoms with Crippen LogP contribution in [0.4, 0.5) is 0 Å². The first-order valence-corrected chi connectivity index (χ1v) is 6.74. The Morgan fingerprint density at radius 3 is 2.30 bits per heavy atom. The molecule has 2 unspecified atom stereocenters. The van der Waals surface area contributed by atoms with E-state index in [1.54, 1.807) is 6.92 Å². The Bertz CT molecular complexity index is 446. The predicted molar refractivity (Wildman–Crippen MR) is 67.4 cm³/mol. The molecule has 0 bridgehead atoms. The Hall–Kier alpha value is -1.92. The number of carbonyl (C=O) groups excluding carboxylic acids is 3. The summed E-state index contributed by atoms with van der Waals surface area (Å²) in [7, 11) is 0. The SMILES string of the molecule is CC1CN(C(=O)CCN2C(=O)CCC2=O)CC1C(=O)O. The molecule has 7 nitrogen and oxygen atoms in total. The van der Waals surface area contributed by atoms with Gasteiger partial charge in [0.05, 0.1) is 5.92 Å². The molecular weight excluding hydrogens is 264 g/mol. The van der Waals surface area contributed by atoms with Crippen LogP contribution in [0.2, 0.25) is 0 Å². The van der Waals surface area contributed by atoms with Gasteiger partial charge in [0.1, 0.15) is 0 Å². The van der Waals surface area contributed by atoms with Crippen LogP contribution in [-0.2, 0) is 19.2 Å². The molecule has 2 heterocycles. The highest BCUT2D eigenvalue weighted by Crippen LogP contribution is 2.24. The molecule has 0 saturated carbocycles. The first-order chi connectivity index (χ1) is 9.40. The van der Waals surface area contributed by atoms with E-state index in [1.807, 2.05) is 0 Å². The van der Waals surface area contributed by atoms with Crippen molar-refractivity contribution >= 4 is 23.7 Å². The van der Waals surface area contributed by atoms with Crippen LogP contribution in [0, 0.1) is 11.8 Å². The molecule has 0 aromatic heterocycles. The van der Waals surface area contributed by atoms with Gasteiger partial charge in [0.15, 0.2) is 0 Å². The minimum Gasteiger partial charge on any atom is -0.481 e. The first-order valence-electron chi connectivity index (χ1n) is 6.74. The van der Waals surface area contributed by atoms with Gasteiger partial charge in [-0.2, -0.15) is 0 Å². The summed E-state index contributed by atoms with van der Waals surface area (Å²) in [5.41, 5.74) is 0. The highest BCUT2D eigenvalue weighted by molar-refractivity contribution is 6.02. The van der Waals surface area contributed by atoms with E-state index >= 15 is 0 Å². The minimum atomic E-state index is -0.891. The summed E-state index contributed by atoms with van der Waals surface area (Å²) >= 11 is 0. The summed E-state index contributed by atoms with van der Waals surface area (Å²) in [5, 5.41) is 9.02. The topological polar surface area (TPSA) is 95.0 Å². The van der Waals surface area contributed by atoms with E-state index < -0.39 is 11.9 Å². The van der Waals surface area contributed by atoms with Gasteiger partial charge in [0.25, 0.3) is 0 Å². The van der Waals surface area contributed by atoms with Crippen molar-refractivity contribution in [3.8, 4) is 0 Å². The zero-order valence-electron chi connectivity index (χ0n) is 11.4. The van der Waals surface area contributed by atoms with Gasteiger partial charge in [0, 0.05) is 38.9 Å². The van der Waals surface area contributed by atoms with Crippen molar-refractivity contribution in [2.45, 2.75) is 26.2 Å². The fourth-order valence-corrected chi connectivity index (χ4v) is 2.73. The summed E-state index contributed by atoms with van der Waals surface area (Å²) in [5.74, 6) is -2.17. The Morgan fingerprint density at radius 2 is 1.80 bits per heavy atom. The van der Waals surface area contributed by atoms with Gasteiger partial charge in [-0.3, -0.25) is 24.1 Å². The van der Waals surface area contributed by atoms with Crippen LogP contribution in [-0.4, -0.2) is 58.2 Å². The molecule has 110 valence electrons. The Labute approximate surface area is 116 Å². The molecule has 7 heteroatoms. The van der Waals surface area contributed by atoms with Crippen LogP contribution in [0.25, 0.3) is 0 Å². The second kappa shape index (κ2) is 5.60.